The van der Waals surface area contributed by atoms with Crippen molar-refractivity contribution in [3.05, 3.63) is 54.1 Å². The molecule has 2 aromatic carbocycles. The number of halogens is 4. The van der Waals surface area contributed by atoms with Crippen LogP contribution in [0.1, 0.15) is 10.4 Å². The number of carbonyl (C=O) groups is 1. The minimum atomic E-state index is -4.93. The van der Waals surface area contributed by atoms with Gasteiger partial charge in [-0.15, -0.1) is 0 Å². The van der Waals surface area contributed by atoms with Crippen molar-refractivity contribution >= 4 is 21.4 Å². The normalized spacial score (nSPS) is 11.6. The predicted molar refractivity (Wildman–Crippen MR) is 80.7 cm³/mol. The Kier molecular flexibility index (Phi) is 5.62. The number of hydrogen-bond donors (Lipinski definition) is 1. The topological polar surface area (TPSA) is 72.5 Å². The fourth-order valence-electron chi connectivity index (χ4n) is 1.92. The Morgan fingerprint density at radius 1 is 1.00 bits per heavy atom. The predicted octanol–water partition coefficient (Wildman–Crippen LogP) is 3.54. The molecule has 0 aliphatic rings. The van der Waals surface area contributed by atoms with Gasteiger partial charge in [-0.1, -0.05) is 18.2 Å². The molecule has 0 aliphatic carbocycles. The number of benzene rings is 2. The van der Waals surface area contributed by atoms with Gasteiger partial charge in [-0.3, -0.25) is 4.79 Å². The van der Waals surface area contributed by atoms with Crippen LogP contribution >= 0.6 is 0 Å². The Morgan fingerprint density at radius 2 is 1.68 bits per heavy atom. The molecule has 1 amide bonds. The number of rotatable bonds is 6. The SMILES string of the molecule is O=C(Nc1ccccc1S(=O)(=O)C(F)F)c1cccc(OC(F)F)c1. The highest BCUT2D eigenvalue weighted by Gasteiger charge is 2.29. The molecule has 0 unspecified atom stereocenters. The van der Waals surface area contributed by atoms with E-state index < -0.39 is 33.0 Å². The van der Waals surface area contributed by atoms with Gasteiger partial charge in [0.1, 0.15) is 5.75 Å². The lowest BCUT2D eigenvalue weighted by Crippen LogP contribution is -2.18. The number of alkyl halides is 4. The number of ether oxygens (including phenoxy) is 1. The third-order valence-electron chi connectivity index (χ3n) is 3.00. The van der Waals surface area contributed by atoms with E-state index >= 15 is 0 Å². The minimum absolute atomic E-state index is 0.123. The molecule has 0 aliphatic heterocycles. The second-order valence-electron chi connectivity index (χ2n) is 4.66. The van der Waals surface area contributed by atoms with E-state index in [9.17, 15) is 30.8 Å². The maximum Gasteiger partial charge on any atom is 0.387 e. The maximum absolute atomic E-state index is 12.7. The number of amides is 1. The molecule has 0 aromatic heterocycles. The van der Waals surface area contributed by atoms with Crippen LogP contribution in [0.5, 0.6) is 5.75 Å². The quantitative estimate of drug-likeness (QED) is 0.782. The smallest absolute Gasteiger partial charge is 0.387 e. The van der Waals surface area contributed by atoms with Crippen LogP contribution in [0.2, 0.25) is 0 Å². The molecule has 2 rings (SSSR count). The summed E-state index contributed by atoms with van der Waals surface area (Å²) in [5, 5.41) is 2.17. The average molecular weight is 377 g/mol. The van der Waals surface area contributed by atoms with Crippen molar-refractivity contribution in [1.82, 2.24) is 0 Å². The molecular weight excluding hydrogens is 366 g/mol. The van der Waals surface area contributed by atoms with Crippen LogP contribution in [0.15, 0.2) is 53.4 Å². The van der Waals surface area contributed by atoms with E-state index in [-0.39, 0.29) is 17.0 Å². The molecule has 1 N–H and O–H groups in total. The largest absolute Gasteiger partial charge is 0.435 e. The summed E-state index contributed by atoms with van der Waals surface area (Å²) in [5.74, 6) is -4.82. The van der Waals surface area contributed by atoms with Gasteiger partial charge in [0.15, 0.2) is 0 Å². The Hall–Kier alpha value is -2.62. The number of para-hydroxylation sites is 1. The minimum Gasteiger partial charge on any atom is -0.435 e. The molecule has 0 fully saturated rings. The Labute approximate surface area is 140 Å². The van der Waals surface area contributed by atoms with Crippen molar-refractivity contribution < 1.29 is 35.5 Å². The van der Waals surface area contributed by atoms with Crippen LogP contribution in [-0.2, 0) is 9.84 Å². The van der Waals surface area contributed by atoms with Gasteiger partial charge in [-0.05, 0) is 30.3 Å². The van der Waals surface area contributed by atoms with Crippen LogP contribution in [0.25, 0.3) is 0 Å². The first kappa shape index (κ1) is 18.7. The summed E-state index contributed by atoms with van der Waals surface area (Å²) in [6, 6.07) is 9.36. The molecule has 0 saturated heterocycles. The third-order valence-corrected chi connectivity index (χ3v) is 4.44. The van der Waals surface area contributed by atoms with E-state index in [0.29, 0.717) is 0 Å². The van der Waals surface area contributed by atoms with E-state index in [0.717, 1.165) is 18.2 Å². The summed E-state index contributed by atoms with van der Waals surface area (Å²) >= 11 is 0. The highest BCUT2D eigenvalue weighted by Crippen LogP contribution is 2.27. The molecule has 0 spiro atoms. The molecule has 134 valence electrons. The number of sulfone groups is 1. The van der Waals surface area contributed by atoms with Crippen LogP contribution in [0, 0.1) is 0 Å². The van der Waals surface area contributed by atoms with Crippen molar-refractivity contribution in [1.29, 1.82) is 0 Å². The first-order chi connectivity index (χ1) is 11.7. The average Bonchev–Trinajstić information content (AvgIpc) is 2.54. The number of anilines is 1. The summed E-state index contributed by atoms with van der Waals surface area (Å²) in [5.41, 5.74) is -0.477. The molecule has 0 heterocycles. The van der Waals surface area contributed by atoms with Crippen LogP contribution < -0.4 is 10.1 Å². The van der Waals surface area contributed by atoms with E-state index in [1.807, 2.05) is 0 Å². The van der Waals surface area contributed by atoms with Gasteiger partial charge in [0.25, 0.3) is 5.91 Å². The van der Waals surface area contributed by atoms with Gasteiger partial charge < -0.3 is 10.1 Å². The second kappa shape index (κ2) is 7.51. The van der Waals surface area contributed by atoms with Crippen LogP contribution in [-0.4, -0.2) is 26.7 Å². The molecule has 0 radical (unpaired) electrons. The first-order valence-corrected chi connectivity index (χ1v) is 8.24. The summed E-state index contributed by atoms with van der Waals surface area (Å²) < 4.78 is 77.3. The lowest BCUT2D eigenvalue weighted by molar-refractivity contribution is -0.0498. The fraction of sp³-hybridized carbons (Fsp3) is 0.133. The van der Waals surface area contributed by atoms with E-state index in [4.69, 9.17) is 0 Å². The monoisotopic (exact) mass is 377 g/mol. The molecule has 0 saturated carbocycles. The number of nitrogens with one attached hydrogen (secondary N) is 1. The van der Waals surface area contributed by atoms with E-state index in [2.05, 4.69) is 10.1 Å². The Bertz CT molecular complexity index is 871. The van der Waals surface area contributed by atoms with Gasteiger partial charge in [0, 0.05) is 5.56 Å². The summed E-state index contributed by atoms with van der Waals surface area (Å²) in [6.07, 6.45) is 0. The Morgan fingerprint density at radius 3 is 2.32 bits per heavy atom. The molecule has 0 atom stereocenters. The van der Waals surface area contributed by atoms with E-state index in [1.165, 1.54) is 30.3 Å². The van der Waals surface area contributed by atoms with Crippen molar-refractivity contribution in [2.45, 2.75) is 17.3 Å². The van der Waals surface area contributed by atoms with Crippen molar-refractivity contribution in [2.24, 2.45) is 0 Å². The summed E-state index contributed by atoms with van der Waals surface area (Å²) in [7, 11) is -4.93. The summed E-state index contributed by atoms with van der Waals surface area (Å²) in [4.78, 5) is 11.4. The lowest BCUT2D eigenvalue weighted by Gasteiger charge is -2.12. The third kappa shape index (κ3) is 4.47. The zero-order valence-corrected chi connectivity index (χ0v) is 13.1. The molecular formula is C15H11F4NO4S. The molecule has 2 aromatic rings. The standard InChI is InChI=1S/C15H11F4NO4S/c16-14(17)24-10-5-3-4-9(8-10)13(21)20-11-6-1-2-7-12(11)25(22,23)15(18)19/h1-8,14-15H,(H,20,21). The van der Waals surface area contributed by atoms with Gasteiger partial charge in [0.05, 0.1) is 10.6 Å². The van der Waals surface area contributed by atoms with Crippen molar-refractivity contribution in [2.75, 3.05) is 5.32 Å². The van der Waals surface area contributed by atoms with Crippen molar-refractivity contribution in [3.63, 3.8) is 0 Å². The zero-order chi connectivity index (χ0) is 18.6. The first-order valence-electron chi connectivity index (χ1n) is 6.69. The van der Waals surface area contributed by atoms with Crippen LogP contribution in [0.4, 0.5) is 23.2 Å². The number of hydrogen-bond acceptors (Lipinski definition) is 4. The zero-order valence-electron chi connectivity index (χ0n) is 12.3. The van der Waals surface area contributed by atoms with Crippen LogP contribution in [0.3, 0.4) is 0 Å². The molecule has 0 bridgehead atoms. The summed E-state index contributed by atoms with van der Waals surface area (Å²) in [6.45, 7) is -3.09. The lowest BCUT2D eigenvalue weighted by atomic mass is 10.2. The molecule has 5 nitrogen and oxygen atoms in total. The van der Waals surface area contributed by atoms with Gasteiger partial charge in [0.2, 0.25) is 9.84 Å². The maximum atomic E-state index is 12.7. The van der Waals surface area contributed by atoms with Gasteiger partial charge in [-0.2, -0.15) is 17.6 Å². The van der Waals surface area contributed by atoms with Gasteiger partial charge in [-0.25, -0.2) is 8.42 Å². The van der Waals surface area contributed by atoms with Crippen molar-refractivity contribution in [3.8, 4) is 5.75 Å². The van der Waals surface area contributed by atoms with Gasteiger partial charge >= 0.3 is 12.4 Å². The fourth-order valence-corrected chi connectivity index (χ4v) is 2.81. The second-order valence-corrected chi connectivity index (χ2v) is 6.55. The molecule has 10 heteroatoms. The number of carbonyl (C=O) groups excluding carboxylic acids is 1. The van der Waals surface area contributed by atoms with E-state index in [1.54, 1.807) is 0 Å². The highest BCUT2D eigenvalue weighted by molar-refractivity contribution is 7.91. The highest BCUT2D eigenvalue weighted by atomic mass is 32.2. The molecule has 25 heavy (non-hydrogen) atoms. The Balaban J connectivity index is 2.31.